The largest absolute Gasteiger partial charge is 0.270 e. The molecule has 162 valence electrons. The molecule has 0 atom stereocenters. The summed E-state index contributed by atoms with van der Waals surface area (Å²) in [4.78, 5) is 32.3. The Balaban J connectivity index is 1.94. The first-order chi connectivity index (χ1) is 15.8. The summed E-state index contributed by atoms with van der Waals surface area (Å²) < 4.78 is 0. The van der Waals surface area contributed by atoms with E-state index in [1.807, 2.05) is 0 Å². The fourth-order valence-corrected chi connectivity index (χ4v) is 3.52. The van der Waals surface area contributed by atoms with Gasteiger partial charge in [0.1, 0.15) is 0 Å². The van der Waals surface area contributed by atoms with Crippen molar-refractivity contribution in [2.75, 3.05) is 0 Å². The number of nitro benzene ring substituents is 3. The molecule has 9 heteroatoms. The summed E-state index contributed by atoms with van der Waals surface area (Å²) in [5.41, 5.74) is 3.37. The van der Waals surface area contributed by atoms with E-state index in [2.05, 4.69) is 0 Å². The molecule has 0 unspecified atom stereocenters. The van der Waals surface area contributed by atoms with Crippen molar-refractivity contribution in [1.82, 2.24) is 0 Å². The molecule has 0 saturated heterocycles. The Labute approximate surface area is 187 Å². The number of hydrogen-bond donors (Lipinski definition) is 0. The third kappa shape index (κ3) is 4.57. The molecule has 0 fully saturated rings. The Kier molecular flexibility index (Phi) is 5.60. The van der Waals surface area contributed by atoms with Crippen LogP contribution in [0.5, 0.6) is 0 Å². The monoisotopic (exact) mass is 441 g/mol. The SMILES string of the molecule is O=[N+]([O-])c1cccc(-c2cc(-c3cccc([N+](=O)[O-])c3)cc(-c3cccc([N+](=O)[O-])c3)c2)c1. The lowest BCUT2D eigenvalue weighted by molar-refractivity contribution is -0.385. The molecule has 0 aliphatic carbocycles. The van der Waals surface area contributed by atoms with Gasteiger partial charge in [0, 0.05) is 36.4 Å². The highest BCUT2D eigenvalue weighted by atomic mass is 16.6. The van der Waals surface area contributed by atoms with Crippen LogP contribution in [0.3, 0.4) is 0 Å². The summed E-state index contributed by atoms with van der Waals surface area (Å²) in [5, 5.41) is 33.7. The van der Waals surface area contributed by atoms with Crippen LogP contribution in [0.25, 0.3) is 33.4 Å². The van der Waals surface area contributed by atoms with Crippen molar-refractivity contribution >= 4 is 17.1 Å². The number of rotatable bonds is 6. The van der Waals surface area contributed by atoms with E-state index in [1.54, 1.807) is 54.6 Å². The lowest BCUT2D eigenvalue weighted by Crippen LogP contribution is -1.92. The molecule has 0 radical (unpaired) electrons. The van der Waals surface area contributed by atoms with Gasteiger partial charge in [0.2, 0.25) is 0 Å². The third-order valence-electron chi connectivity index (χ3n) is 5.10. The zero-order valence-electron chi connectivity index (χ0n) is 17.0. The van der Waals surface area contributed by atoms with E-state index >= 15 is 0 Å². The first-order valence-corrected chi connectivity index (χ1v) is 9.71. The first kappa shape index (κ1) is 21.3. The standard InChI is InChI=1S/C24H15N3O6/c28-25(29)22-7-1-4-16(13-22)19-10-20(17-5-2-8-23(14-17)26(30)31)12-21(11-19)18-6-3-9-24(15-18)27(32)33/h1-15H. The first-order valence-electron chi connectivity index (χ1n) is 9.71. The Hall–Kier alpha value is -4.92. The maximum Gasteiger partial charge on any atom is 0.270 e. The second-order valence-electron chi connectivity index (χ2n) is 7.22. The van der Waals surface area contributed by atoms with Crippen molar-refractivity contribution in [3.05, 3.63) is 121 Å². The van der Waals surface area contributed by atoms with Crippen molar-refractivity contribution in [1.29, 1.82) is 0 Å². The van der Waals surface area contributed by atoms with Crippen LogP contribution in [0.4, 0.5) is 17.1 Å². The molecular weight excluding hydrogens is 426 g/mol. The Bertz CT molecular complexity index is 1230. The minimum absolute atomic E-state index is 0.0786. The second-order valence-corrected chi connectivity index (χ2v) is 7.22. The predicted molar refractivity (Wildman–Crippen MR) is 123 cm³/mol. The van der Waals surface area contributed by atoms with Gasteiger partial charge in [0.15, 0.2) is 0 Å². The Morgan fingerprint density at radius 1 is 0.394 bits per heavy atom. The minimum Gasteiger partial charge on any atom is -0.258 e. The fraction of sp³-hybridized carbons (Fsp3) is 0. The van der Waals surface area contributed by atoms with Crippen LogP contribution in [0, 0.1) is 30.3 Å². The van der Waals surface area contributed by atoms with Gasteiger partial charge in [-0.15, -0.1) is 0 Å². The maximum atomic E-state index is 11.2. The van der Waals surface area contributed by atoms with Gasteiger partial charge in [-0.05, 0) is 51.6 Å². The lowest BCUT2D eigenvalue weighted by Gasteiger charge is -2.11. The number of nitrogens with zero attached hydrogens (tertiary/aromatic N) is 3. The van der Waals surface area contributed by atoms with Crippen LogP contribution in [-0.4, -0.2) is 14.8 Å². The van der Waals surface area contributed by atoms with E-state index in [4.69, 9.17) is 0 Å². The molecule has 0 heterocycles. The summed E-state index contributed by atoms with van der Waals surface area (Å²) in [6.07, 6.45) is 0. The van der Waals surface area contributed by atoms with Gasteiger partial charge in [0.05, 0.1) is 14.8 Å². The fourth-order valence-electron chi connectivity index (χ4n) is 3.52. The Morgan fingerprint density at radius 2 is 0.667 bits per heavy atom. The molecule has 0 amide bonds. The number of nitro groups is 3. The van der Waals surface area contributed by atoms with Crippen molar-refractivity contribution in [3.8, 4) is 33.4 Å². The molecule has 4 aromatic carbocycles. The van der Waals surface area contributed by atoms with Crippen molar-refractivity contribution in [2.45, 2.75) is 0 Å². The third-order valence-corrected chi connectivity index (χ3v) is 5.10. The summed E-state index contributed by atoms with van der Waals surface area (Å²) in [6, 6.07) is 23.7. The molecule has 0 aromatic heterocycles. The summed E-state index contributed by atoms with van der Waals surface area (Å²) in [6.45, 7) is 0. The minimum atomic E-state index is -0.491. The molecular formula is C24H15N3O6. The smallest absolute Gasteiger partial charge is 0.258 e. The molecule has 33 heavy (non-hydrogen) atoms. The summed E-state index contributed by atoms with van der Waals surface area (Å²) >= 11 is 0. The number of benzene rings is 4. The molecule has 0 aliphatic heterocycles. The zero-order chi connectivity index (χ0) is 23.5. The molecule has 0 spiro atoms. The van der Waals surface area contributed by atoms with E-state index in [0.717, 1.165) is 0 Å². The van der Waals surface area contributed by atoms with Crippen LogP contribution in [0.1, 0.15) is 0 Å². The molecule has 0 bridgehead atoms. The van der Waals surface area contributed by atoms with Gasteiger partial charge in [-0.1, -0.05) is 36.4 Å². The predicted octanol–water partition coefficient (Wildman–Crippen LogP) is 6.41. The van der Waals surface area contributed by atoms with Gasteiger partial charge < -0.3 is 0 Å². The number of hydrogen-bond acceptors (Lipinski definition) is 6. The topological polar surface area (TPSA) is 129 Å². The average Bonchev–Trinajstić information content (AvgIpc) is 2.84. The van der Waals surface area contributed by atoms with Crippen LogP contribution < -0.4 is 0 Å². The van der Waals surface area contributed by atoms with E-state index < -0.39 is 14.8 Å². The van der Waals surface area contributed by atoms with Crippen molar-refractivity contribution in [2.24, 2.45) is 0 Å². The summed E-state index contributed by atoms with van der Waals surface area (Å²) in [5.74, 6) is 0. The van der Waals surface area contributed by atoms with Gasteiger partial charge in [-0.3, -0.25) is 30.3 Å². The molecule has 9 nitrogen and oxygen atoms in total. The van der Waals surface area contributed by atoms with E-state index in [0.29, 0.717) is 33.4 Å². The Morgan fingerprint density at radius 3 is 0.909 bits per heavy atom. The molecule has 4 rings (SSSR count). The zero-order valence-corrected chi connectivity index (χ0v) is 17.0. The molecule has 4 aromatic rings. The van der Waals surface area contributed by atoms with Gasteiger partial charge in [0.25, 0.3) is 17.1 Å². The second kappa shape index (κ2) is 8.67. The van der Waals surface area contributed by atoms with E-state index in [-0.39, 0.29) is 17.1 Å². The van der Waals surface area contributed by atoms with Crippen LogP contribution in [0.2, 0.25) is 0 Å². The number of non-ortho nitro benzene ring substituents is 3. The highest BCUT2D eigenvalue weighted by Crippen LogP contribution is 2.35. The average molecular weight is 441 g/mol. The van der Waals surface area contributed by atoms with E-state index in [1.165, 1.54) is 36.4 Å². The quantitative estimate of drug-likeness (QED) is 0.251. The van der Waals surface area contributed by atoms with Crippen LogP contribution in [-0.2, 0) is 0 Å². The maximum absolute atomic E-state index is 11.2. The highest BCUT2D eigenvalue weighted by Gasteiger charge is 2.14. The van der Waals surface area contributed by atoms with Gasteiger partial charge in [-0.25, -0.2) is 0 Å². The highest BCUT2D eigenvalue weighted by molar-refractivity contribution is 5.82. The summed E-state index contributed by atoms with van der Waals surface area (Å²) in [7, 11) is 0. The van der Waals surface area contributed by atoms with Gasteiger partial charge in [-0.2, -0.15) is 0 Å². The van der Waals surface area contributed by atoms with E-state index in [9.17, 15) is 30.3 Å². The molecule has 0 saturated carbocycles. The molecule has 0 N–H and O–H groups in total. The van der Waals surface area contributed by atoms with Crippen LogP contribution >= 0.6 is 0 Å². The van der Waals surface area contributed by atoms with Crippen molar-refractivity contribution < 1.29 is 14.8 Å². The van der Waals surface area contributed by atoms with Crippen molar-refractivity contribution in [3.63, 3.8) is 0 Å². The van der Waals surface area contributed by atoms with Crippen LogP contribution in [0.15, 0.2) is 91.0 Å². The lowest BCUT2D eigenvalue weighted by atomic mass is 9.93. The normalized spacial score (nSPS) is 10.5. The molecule has 0 aliphatic rings. The van der Waals surface area contributed by atoms with Gasteiger partial charge >= 0.3 is 0 Å².